The van der Waals surface area contributed by atoms with E-state index in [1.165, 1.54) is 5.56 Å². The third kappa shape index (κ3) is 4.08. The van der Waals surface area contributed by atoms with E-state index in [4.69, 9.17) is 0 Å². The Balaban J connectivity index is 2.60. The van der Waals surface area contributed by atoms with Crippen LogP contribution < -0.4 is 5.32 Å². The van der Waals surface area contributed by atoms with Crippen LogP contribution in [0.4, 0.5) is 5.82 Å². The van der Waals surface area contributed by atoms with Crippen molar-refractivity contribution >= 4 is 11.7 Å². The largest absolute Gasteiger partial charge is 0.310 e. The summed E-state index contributed by atoms with van der Waals surface area (Å²) < 4.78 is 0. The standard InChI is InChI=1S/C11H17N3O/c1-4-9-5-6-12-10(7-9)13-11(15)8-14(2)3/h5-7H,4,8H2,1-3H3,(H,12,13,15). The molecule has 1 rings (SSSR count). The number of nitrogens with one attached hydrogen (secondary N) is 1. The average molecular weight is 207 g/mol. The van der Waals surface area contributed by atoms with Crippen molar-refractivity contribution < 1.29 is 4.79 Å². The topological polar surface area (TPSA) is 45.2 Å². The summed E-state index contributed by atoms with van der Waals surface area (Å²) in [6, 6.07) is 3.84. The van der Waals surface area contributed by atoms with Crippen LogP contribution in [0.5, 0.6) is 0 Å². The molecule has 0 spiro atoms. The molecule has 0 saturated carbocycles. The van der Waals surface area contributed by atoms with Crippen LogP contribution in [0, 0.1) is 0 Å². The van der Waals surface area contributed by atoms with Crippen LogP contribution in [0.25, 0.3) is 0 Å². The molecule has 0 radical (unpaired) electrons. The van der Waals surface area contributed by atoms with Gasteiger partial charge >= 0.3 is 0 Å². The number of pyridine rings is 1. The van der Waals surface area contributed by atoms with E-state index in [0.717, 1.165) is 6.42 Å². The monoisotopic (exact) mass is 207 g/mol. The molecule has 0 aliphatic heterocycles. The zero-order valence-corrected chi connectivity index (χ0v) is 9.45. The predicted molar refractivity (Wildman–Crippen MR) is 60.8 cm³/mol. The van der Waals surface area contributed by atoms with Crippen molar-refractivity contribution in [3.8, 4) is 0 Å². The lowest BCUT2D eigenvalue weighted by molar-refractivity contribution is -0.116. The van der Waals surface area contributed by atoms with Crippen molar-refractivity contribution in [3.63, 3.8) is 0 Å². The number of hydrogen-bond acceptors (Lipinski definition) is 3. The highest BCUT2D eigenvalue weighted by atomic mass is 16.2. The molecule has 1 aromatic heterocycles. The van der Waals surface area contributed by atoms with Gasteiger partial charge in [0.15, 0.2) is 0 Å². The highest BCUT2D eigenvalue weighted by Gasteiger charge is 2.04. The van der Waals surface area contributed by atoms with E-state index in [1.54, 1.807) is 6.20 Å². The van der Waals surface area contributed by atoms with Crippen LogP contribution in [-0.2, 0) is 11.2 Å². The number of carbonyl (C=O) groups is 1. The normalized spacial score (nSPS) is 10.4. The summed E-state index contributed by atoms with van der Waals surface area (Å²) in [5.74, 6) is 0.585. The molecule has 0 atom stereocenters. The summed E-state index contributed by atoms with van der Waals surface area (Å²) in [6.45, 7) is 2.44. The van der Waals surface area contributed by atoms with Gasteiger partial charge in [-0.15, -0.1) is 0 Å². The van der Waals surface area contributed by atoms with Crippen molar-refractivity contribution in [2.45, 2.75) is 13.3 Å². The molecule has 1 N–H and O–H groups in total. The Morgan fingerprint density at radius 2 is 2.27 bits per heavy atom. The number of aryl methyl sites for hydroxylation is 1. The van der Waals surface area contributed by atoms with Gasteiger partial charge in [-0.1, -0.05) is 6.92 Å². The summed E-state index contributed by atoms with van der Waals surface area (Å²) in [7, 11) is 3.71. The predicted octanol–water partition coefficient (Wildman–Crippen LogP) is 1.14. The summed E-state index contributed by atoms with van der Waals surface area (Å²) in [6.07, 6.45) is 2.66. The Morgan fingerprint density at radius 1 is 1.53 bits per heavy atom. The van der Waals surface area contributed by atoms with Gasteiger partial charge in [0.1, 0.15) is 5.82 Å². The molecule has 4 nitrogen and oxygen atoms in total. The van der Waals surface area contributed by atoms with Gasteiger partial charge in [0.2, 0.25) is 5.91 Å². The second-order valence-corrected chi connectivity index (χ2v) is 3.69. The SMILES string of the molecule is CCc1ccnc(NC(=O)CN(C)C)c1. The molecule has 1 amide bonds. The van der Waals surface area contributed by atoms with Crippen LogP contribution >= 0.6 is 0 Å². The lowest BCUT2D eigenvalue weighted by Crippen LogP contribution is -2.27. The lowest BCUT2D eigenvalue weighted by Gasteiger charge is -2.09. The maximum Gasteiger partial charge on any atom is 0.239 e. The molecule has 1 heterocycles. The lowest BCUT2D eigenvalue weighted by atomic mass is 10.2. The second kappa shape index (κ2) is 5.46. The van der Waals surface area contributed by atoms with Crippen LogP contribution in [0.1, 0.15) is 12.5 Å². The van der Waals surface area contributed by atoms with E-state index in [2.05, 4.69) is 17.2 Å². The van der Waals surface area contributed by atoms with Gasteiger partial charge in [-0.3, -0.25) is 4.79 Å². The Labute approximate surface area is 90.3 Å². The number of rotatable bonds is 4. The summed E-state index contributed by atoms with van der Waals surface area (Å²) >= 11 is 0. The first-order chi connectivity index (χ1) is 7.11. The van der Waals surface area contributed by atoms with Gasteiger partial charge in [-0.05, 0) is 38.2 Å². The molecule has 0 aromatic carbocycles. The molecular weight excluding hydrogens is 190 g/mol. The molecule has 1 aromatic rings. The molecule has 82 valence electrons. The number of nitrogens with zero attached hydrogens (tertiary/aromatic N) is 2. The van der Waals surface area contributed by atoms with Crippen molar-refractivity contribution in [1.29, 1.82) is 0 Å². The summed E-state index contributed by atoms with van der Waals surface area (Å²) in [5, 5.41) is 2.76. The van der Waals surface area contributed by atoms with Gasteiger partial charge in [-0.2, -0.15) is 0 Å². The zero-order valence-electron chi connectivity index (χ0n) is 9.45. The molecule has 0 aliphatic rings. The van der Waals surface area contributed by atoms with Crippen molar-refractivity contribution in [1.82, 2.24) is 9.88 Å². The van der Waals surface area contributed by atoms with Crippen LogP contribution in [0.2, 0.25) is 0 Å². The van der Waals surface area contributed by atoms with Crippen molar-refractivity contribution in [2.24, 2.45) is 0 Å². The first kappa shape index (κ1) is 11.7. The summed E-state index contributed by atoms with van der Waals surface area (Å²) in [5.41, 5.74) is 1.17. The third-order valence-electron chi connectivity index (χ3n) is 1.96. The van der Waals surface area contributed by atoms with Crippen LogP contribution in [-0.4, -0.2) is 36.4 Å². The smallest absolute Gasteiger partial charge is 0.239 e. The fourth-order valence-corrected chi connectivity index (χ4v) is 1.23. The number of aromatic nitrogens is 1. The molecule has 0 bridgehead atoms. The highest BCUT2D eigenvalue weighted by Crippen LogP contribution is 2.06. The van der Waals surface area contributed by atoms with Gasteiger partial charge in [0.05, 0.1) is 6.54 Å². The van der Waals surface area contributed by atoms with E-state index in [-0.39, 0.29) is 5.91 Å². The van der Waals surface area contributed by atoms with E-state index >= 15 is 0 Å². The first-order valence-corrected chi connectivity index (χ1v) is 5.01. The van der Waals surface area contributed by atoms with Crippen LogP contribution in [0.3, 0.4) is 0 Å². The molecule has 4 heteroatoms. The number of likely N-dealkylation sites (N-methyl/N-ethyl adjacent to an activating group) is 1. The molecule has 0 unspecified atom stereocenters. The average Bonchev–Trinajstić information content (AvgIpc) is 2.16. The van der Waals surface area contributed by atoms with E-state index in [1.807, 2.05) is 31.1 Å². The third-order valence-corrected chi connectivity index (χ3v) is 1.96. The van der Waals surface area contributed by atoms with E-state index < -0.39 is 0 Å². The highest BCUT2D eigenvalue weighted by molar-refractivity contribution is 5.91. The Bertz CT molecular complexity index is 336. The fourth-order valence-electron chi connectivity index (χ4n) is 1.23. The Morgan fingerprint density at radius 3 is 2.87 bits per heavy atom. The van der Waals surface area contributed by atoms with Crippen molar-refractivity contribution in [2.75, 3.05) is 26.0 Å². The second-order valence-electron chi connectivity index (χ2n) is 3.69. The van der Waals surface area contributed by atoms with E-state index in [9.17, 15) is 4.79 Å². The first-order valence-electron chi connectivity index (χ1n) is 5.01. The molecule has 0 fully saturated rings. The molecular formula is C11H17N3O. The quantitative estimate of drug-likeness (QED) is 0.805. The molecule has 15 heavy (non-hydrogen) atoms. The van der Waals surface area contributed by atoms with E-state index in [0.29, 0.717) is 12.4 Å². The minimum absolute atomic E-state index is 0.0410. The van der Waals surface area contributed by atoms with Gasteiger partial charge in [0, 0.05) is 6.20 Å². The maximum absolute atomic E-state index is 11.4. The van der Waals surface area contributed by atoms with Gasteiger partial charge in [-0.25, -0.2) is 4.98 Å². The minimum Gasteiger partial charge on any atom is -0.310 e. The number of amides is 1. The van der Waals surface area contributed by atoms with Gasteiger partial charge in [0.25, 0.3) is 0 Å². The zero-order chi connectivity index (χ0) is 11.3. The minimum atomic E-state index is -0.0410. The number of carbonyl (C=O) groups excluding carboxylic acids is 1. The number of hydrogen-bond donors (Lipinski definition) is 1. The number of anilines is 1. The van der Waals surface area contributed by atoms with Crippen molar-refractivity contribution in [3.05, 3.63) is 23.9 Å². The fraction of sp³-hybridized carbons (Fsp3) is 0.455. The maximum atomic E-state index is 11.4. The van der Waals surface area contributed by atoms with Crippen LogP contribution in [0.15, 0.2) is 18.3 Å². The Kier molecular flexibility index (Phi) is 4.24. The molecule has 0 aliphatic carbocycles. The van der Waals surface area contributed by atoms with Gasteiger partial charge < -0.3 is 10.2 Å². The molecule has 0 saturated heterocycles. The summed E-state index contributed by atoms with van der Waals surface area (Å²) in [4.78, 5) is 17.3. The Hall–Kier alpha value is -1.42.